The Morgan fingerprint density at radius 3 is 2.71 bits per heavy atom. The fourth-order valence-electron chi connectivity index (χ4n) is 2.78. The van der Waals surface area contributed by atoms with Gasteiger partial charge in [-0.3, -0.25) is 19.8 Å². The van der Waals surface area contributed by atoms with Crippen LogP contribution in [0, 0.1) is 6.92 Å². The first-order valence-corrected chi connectivity index (χ1v) is 8.66. The van der Waals surface area contributed by atoms with Gasteiger partial charge in [-0.15, -0.1) is 6.58 Å². The number of furan rings is 1. The Morgan fingerprint density at radius 2 is 2.07 bits per heavy atom. The molecule has 1 aromatic heterocycles. The molecule has 0 spiro atoms. The predicted molar refractivity (Wildman–Crippen MR) is 106 cm³/mol. The first-order chi connectivity index (χ1) is 13.3. The number of carboxylic acid groups (broad SMARTS) is 1. The molecule has 8 heteroatoms. The van der Waals surface area contributed by atoms with E-state index in [9.17, 15) is 14.4 Å². The number of carbonyl (C=O) groups excluding carboxylic acids is 2. The largest absolute Gasteiger partial charge is 0.478 e. The highest BCUT2D eigenvalue weighted by Crippen LogP contribution is 2.27. The first-order valence-electron chi connectivity index (χ1n) is 8.25. The summed E-state index contributed by atoms with van der Waals surface area (Å²) >= 11 is 5.01. The molecule has 0 atom stereocenters. The molecule has 7 nitrogen and oxygen atoms in total. The van der Waals surface area contributed by atoms with Crippen LogP contribution in [0.1, 0.15) is 21.7 Å². The van der Waals surface area contributed by atoms with Gasteiger partial charge in [0.05, 0.1) is 5.56 Å². The molecule has 142 valence electrons. The maximum atomic E-state index is 12.5. The van der Waals surface area contributed by atoms with Crippen molar-refractivity contribution in [2.45, 2.75) is 6.92 Å². The van der Waals surface area contributed by atoms with Gasteiger partial charge in [0.25, 0.3) is 11.8 Å². The minimum Gasteiger partial charge on any atom is -0.478 e. The zero-order chi connectivity index (χ0) is 20.4. The quantitative estimate of drug-likeness (QED) is 0.349. The standard InChI is InChI=1S/C20H16N2O5S/c1-3-8-22-18(24)15(17(23)21-20(22)28)10-13-5-7-16(27-13)14-6-4-12(19(25)26)9-11(14)2/h3-7,9-10H,1,8H2,2H3,(H,25,26)(H,21,23,28)/b15-10+. The molecule has 2 amide bonds. The summed E-state index contributed by atoms with van der Waals surface area (Å²) in [5, 5.41) is 11.6. The van der Waals surface area contributed by atoms with Gasteiger partial charge >= 0.3 is 5.97 Å². The van der Waals surface area contributed by atoms with E-state index >= 15 is 0 Å². The molecule has 0 unspecified atom stereocenters. The smallest absolute Gasteiger partial charge is 0.335 e. The maximum Gasteiger partial charge on any atom is 0.335 e. The van der Waals surface area contributed by atoms with Gasteiger partial charge in [0.15, 0.2) is 5.11 Å². The van der Waals surface area contributed by atoms with E-state index in [0.717, 1.165) is 5.56 Å². The Labute approximate surface area is 165 Å². The van der Waals surface area contributed by atoms with Crippen LogP contribution in [0.4, 0.5) is 0 Å². The van der Waals surface area contributed by atoms with Crippen LogP contribution >= 0.6 is 12.2 Å². The number of rotatable bonds is 5. The molecule has 1 aromatic carbocycles. The van der Waals surface area contributed by atoms with E-state index < -0.39 is 17.8 Å². The Balaban J connectivity index is 1.92. The summed E-state index contributed by atoms with van der Waals surface area (Å²) in [6.07, 6.45) is 2.85. The Kier molecular flexibility index (Phi) is 5.23. The topological polar surface area (TPSA) is 99.8 Å². The number of hydrogen-bond donors (Lipinski definition) is 2. The minimum absolute atomic E-state index is 0.0290. The second-order valence-corrected chi connectivity index (χ2v) is 6.45. The molecule has 2 heterocycles. The van der Waals surface area contributed by atoms with E-state index in [0.29, 0.717) is 17.1 Å². The molecule has 1 aliphatic heterocycles. The van der Waals surface area contributed by atoms with Gasteiger partial charge in [0.2, 0.25) is 0 Å². The van der Waals surface area contributed by atoms with Gasteiger partial charge in [-0.05, 0) is 55.0 Å². The van der Waals surface area contributed by atoms with E-state index in [1.807, 2.05) is 0 Å². The fraction of sp³-hybridized carbons (Fsp3) is 0.100. The van der Waals surface area contributed by atoms with Crippen molar-refractivity contribution in [3.63, 3.8) is 0 Å². The molecule has 1 aliphatic rings. The molecule has 0 saturated carbocycles. The second-order valence-electron chi connectivity index (χ2n) is 6.06. The molecular formula is C20H16N2O5S. The lowest BCUT2D eigenvalue weighted by Crippen LogP contribution is -2.53. The van der Waals surface area contributed by atoms with Crippen LogP contribution in [-0.2, 0) is 9.59 Å². The van der Waals surface area contributed by atoms with Crippen LogP contribution in [0.2, 0.25) is 0 Å². The minimum atomic E-state index is -1.01. The number of amides is 2. The van der Waals surface area contributed by atoms with Gasteiger partial charge in [-0.25, -0.2) is 4.79 Å². The molecule has 0 bridgehead atoms. The molecule has 2 aromatic rings. The van der Waals surface area contributed by atoms with Crippen molar-refractivity contribution in [3.8, 4) is 11.3 Å². The SMILES string of the molecule is C=CCN1C(=O)/C(=C/c2ccc(-c3ccc(C(=O)O)cc3C)o2)C(=O)NC1=S. The van der Waals surface area contributed by atoms with Gasteiger partial charge in [-0.2, -0.15) is 0 Å². The maximum absolute atomic E-state index is 12.5. The highest BCUT2D eigenvalue weighted by molar-refractivity contribution is 7.80. The summed E-state index contributed by atoms with van der Waals surface area (Å²) in [4.78, 5) is 37.0. The zero-order valence-corrected chi connectivity index (χ0v) is 15.7. The predicted octanol–water partition coefficient (Wildman–Crippen LogP) is 2.77. The lowest BCUT2D eigenvalue weighted by molar-refractivity contribution is -0.128. The summed E-state index contributed by atoms with van der Waals surface area (Å²) in [6.45, 7) is 5.52. The summed E-state index contributed by atoms with van der Waals surface area (Å²) in [5.74, 6) is -1.35. The molecular weight excluding hydrogens is 380 g/mol. The highest BCUT2D eigenvalue weighted by Gasteiger charge is 2.32. The van der Waals surface area contributed by atoms with Crippen LogP contribution in [-0.4, -0.2) is 39.4 Å². The molecule has 0 aliphatic carbocycles. The summed E-state index contributed by atoms with van der Waals surface area (Å²) in [6, 6.07) is 7.99. The number of nitrogens with one attached hydrogen (secondary N) is 1. The number of benzene rings is 1. The van der Waals surface area contributed by atoms with E-state index in [-0.39, 0.29) is 22.8 Å². The monoisotopic (exact) mass is 396 g/mol. The Bertz CT molecular complexity index is 1050. The average Bonchev–Trinajstić information content (AvgIpc) is 3.10. The van der Waals surface area contributed by atoms with Crippen molar-refractivity contribution in [2.24, 2.45) is 0 Å². The number of carbonyl (C=O) groups is 3. The van der Waals surface area contributed by atoms with Crippen molar-refractivity contribution < 1.29 is 23.9 Å². The number of aromatic carboxylic acids is 1. The second kappa shape index (κ2) is 7.61. The van der Waals surface area contributed by atoms with Crippen molar-refractivity contribution in [3.05, 3.63) is 65.4 Å². The molecule has 0 radical (unpaired) electrons. The van der Waals surface area contributed by atoms with Gasteiger partial charge in [0.1, 0.15) is 17.1 Å². The highest BCUT2D eigenvalue weighted by atomic mass is 32.1. The van der Waals surface area contributed by atoms with E-state index in [4.69, 9.17) is 21.7 Å². The average molecular weight is 396 g/mol. The fourth-order valence-corrected chi connectivity index (χ4v) is 3.03. The van der Waals surface area contributed by atoms with Crippen molar-refractivity contribution in [2.75, 3.05) is 6.54 Å². The molecule has 28 heavy (non-hydrogen) atoms. The number of carboxylic acids is 1. The van der Waals surface area contributed by atoms with Crippen molar-refractivity contribution in [1.82, 2.24) is 10.2 Å². The van der Waals surface area contributed by atoms with E-state index in [1.54, 1.807) is 31.2 Å². The van der Waals surface area contributed by atoms with Crippen molar-refractivity contribution >= 4 is 41.2 Å². The third-order valence-corrected chi connectivity index (χ3v) is 4.47. The first kappa shape index (κ1) is 19.2. The number of hydrogen-bond acceptors (Lipinski definition) is 5. The van der Waals surface area contributed by atoms with Crippen molar-refractivity contribution in [1.29, 1.82) is 0 Å². The van der Waals surface area contributed by atoms with Crippen LogP contribution in [0.3, 0.4) is 0 Å². The zero-order valence-electron chi connectivity index (χ0n) is 14.9. The lowest BCUT2D eigenvalue weighted by atomic mass is 10.0. The summed E-state index contributed by atoms with van der Waals surface area (Å²) in [7, 11) is 0. The van der Waals surface area contributed by atoms with Crippen LogP contribution in [0.5, 0.6) is 0 Å². The van der Waals surface area contributed by atoms with Gasteiger partial charge < -0.3 is 9.52 Å². The molecule has 2 N–H and O–H groups in total. The van der Waals surface area contributed by atoms with Crippen LogP contribution < -0.4 is 5.32 Å². The Morgan fingerprint density at radius 1 is 1.32 bits per heavy atom. The van der Waals surface area contributed by atoms with E-state index in [2.05, 4.69) is 11.9 Å². The molecule has 3 rings (SSSR count). The number of thiocarbonyl (C=S) groups is 1. The summed E-state index contributed by atoms with van der Waals surface area (Å²) < 4.78 is 5.74. The van der Waals surface area contributed by atoms with Gasteiger partial charge in [0, 0.05) is 12.1 Å². The lowest BCUT2D eigenvalue weighted by Gasteiger charge is -2.27. The normalized spacial score (nSPS) is 15.7. The number of aryl methyl sites for hydroxylation is 1. The number of nitrogens with zero attached hydrogens (tertiary/aromatic N) is 1. The van der Waals surface area contributed by atoms with Crippen LogP contribution in [0.15, 0.2) is 53.0 Å². The van der Waals surface area contributed by atoms with Gasteiger partial charge in [-0.1, -0.05) is 12.1 Å². The molecule has 1 saturated heterocycles. The third kappa shape index (κ3) is 3.63. The Hall–Kier alpha value is -3.52. The summed E-state index contributed by atoms with van der Waals surface area (Å²) in [5.41, 5.74) is 1.51. The molecule has 1 fully saturated rings. The van der Waals surface area contributed by atoms with Crippen LogP contribution in [0.25, 0.3) is 17.4 Å². The van der Waals surface area contributed by atoms with E-state index in [1.165, 1.54) is 23.1 Å². The third-order valence-electron chi connectivity index (χ3n) is 4.15.